The summed E-state index contributed by atoms with van der Waals surface area (Å²) in [7, 11) is 0. The molecule has 0 heterocycles. The van der Waals surface area contributed by atoms with Crippen LogP contribution in [0, 0.1) is 11.3 Å². The van der Waals surface area contributed by atoms with E-state index in [9.17, 15) is 0 Å². The van der Waals surface area contributed by atoms with Crippen molar-refractivity contribution in [3.8, 4) is 0 Å². The van der Waals surface area contributed by atoms with E-state index >= 15 is 0 Å². The largest absolute Gasteiger partial charge is 0.381 e. The third-order valence-electron chi connectivity index (χ3n) is 3.70. The zero-order valence-corrected chi connectivity index (χ0v) is 11.1. The molecule has 0 bridgehead atoms. The Morgan fingerprint density at radius 3 is 2.41 bits per heavy atom. The molecule has 94 valence electrons. The summed E-state index contributed by atoms with van der Waals surface area (Å²) in [5.74, 6) is 0.642. The van der Waals surface area contributed by atoms with Gasteiger partial charge in [-0.3, -0.25) is 0 Å². The van der Waals surface area contributed by atoms with Gasteiger partial charge in [-0.25, -0.2) is 0 Å². The average molecular weight is 232 g/mol. The first-order valence-corrected chi connectivity index (χ1v) is 6.82. The molecule has 1 fully saturated rings. The van der Waals surface area contributed by atoms with Gasteiger partial charge in [0, 0.05) is 6.61 Å². The molecule has 0 unspecified atom stereocenters. The predicted molar refractivity (Wildman–Crippen MR) is 72.1 cm³/mol. The topological polar surface area (TPSA) is 9.23 Å². The Morgan fingerprint density at radius 2 is 1.88 bits per heavy atom. The van der Waals surface area contributed by atoms with E-state index in [0.29, 0.717) is 11.3 Å². The van der Waals surface area contributed by atoms with Crippen molar-refractivity contribution in [1.29, 1.82) is 0 Å². The minimum atomic E-state index is 0.441. The molecule has 1 aromatic rings. The van der Waals surface area contributed by atoms with Gasteiger partial charge < -0.3 is 4.74 Å². The lowest BCUT2D eigenvalue weighted by Gasteiger charge is -2.42. The fraction of sp³-hybridized carbons (Fsp3) is 0.625. The van der Waals surface area contributed by atoms with Crippen LogP contribution >= 0.6 is 0 Å². The van der Waals surface area contributed by atoms with Crippen molar-refractivity contribution in [3.63, 3.8) is 0 Å². The molecule has 2 rings (SSSR count). The molecule has 1 nitrogen and oxygen atoms in total. The van der Waals surface area contributed by atoms with Crippen LogP contribution in [0.5, 0.6) is 0 Å². The molecule has 0 atom stereocenters. The van der Waals surface area contributed by atoms with Crippen LogP contribution in [-0.2, 0) is 11.2 Å². The molecule has 0 spiro atoms. The molecular weight excluding hydrogens is 208 g/mol. The summed E-state index contributed by atoms with van der Waals surface area (Å²) in [6.07, 6.45) is 5.23. The third kappa shape index (κ3) is 3.57. The number of rotatable bonds is 6. The zero-order chi connectivity index (χ0) is 12.1. The Morgan fingerprint density at radius 1 is 1.18 bits per heavy atom. The second kappa shape index (κ2) is 5.68. The zero-order valence-electron chi connectivity index (χ0n) is 11.1. The number of benzene rings is 1. The summed E-state index contributed by atoms with van der Waals surface area (Å²) < 4.78 is 5.87. The smallest absolute Gasteiger partial charge is 0.0525 e. The van der Waals surface area contributed by atoms with Crippen LogP contribution in [0.1, 0.15) is 38.7 Å². The Kier molecular flexibility index (Phi) is 4.22. The average Bonchev–Trinajstić information content (AvgIpc) is 2.26. The quantitative estimate of drug-likeness (QED) is 0.718. The van der Waals surface area contributed by atoms with Gasteiger partial charge in [-0.1, -0.05) is 50.6 Å². The van der Waals surface area contributed by atoms with Crippen molar-refractivity contribution in [2.75, 3.05) is 13.2 Å². The standard InChI is InChI=1S/C16H24O/c1-14(2)12-17-13-16(9-6-10-16)11-15-7-4-3-5-8-15/h3-5,7-8,14H,6,9-13H2,1-2H3. The molecule has 0 radical (unpaired) electrons. The van der Waals surface area contributed by atoms with E-state index in [4.69, 9.17) is 4.74 Å². The number of hydrogen-bond acceptors (Lipinski definition) is 1. The van der Waals surface area contributed by atoms with Gasteiger partial charge in [0.2, 0.25) is 0 Å². The molecule has 0 aliphatic heterocycles. The van der Waals surface area contributed by atoms with Crippen LogP contribution < -0.4 is 0 Å². The van der Waals surface area contributed by atoms with Gasteiger partial charge in [-0.15, -0.1) is 0 Å². The summed E-state index contributed by atoms with van der Waals surface area (Å²) >= 11 is 0. The molecule has 0 saturated heterocycles. The molecule has 1 aromatic carbocycles. The molecule has 1 aliphatic rings. The van der Waals surface area contributed by atoms with Crippen LogP contribution in [-0.4, -0.2) is 13.2 Å². The van der Waals surface area contributed by atoms with Crippen molar-refractivity contribution in [2.45, 2.75) is 39.5 Å². The van der Waals surface area contributed by atoms with Crippen LogP contribution in [0.3, 0.4) is 0 Å². The van der Waals surface area contributed by atoms with E-state index in [1.165, 1.54) is 31.2 Å². The number of ether oxygens (including phenoxy) is 1. The van der Waals surface area contributed by atoms with E-state index in [-0.39, 0.29) is 0 Å². The molecule has 0 aromatic heterocycles. The summed E-state index contributed by atoms with van der Waals surface area (Å²) in [6, 6.07) is 10.8. The van der Waals surface area contributed by atoms with E-state index in [0.717, 1.165) is 13.2 Å². The van der Waals surface area contributed by atoms with Gasteiger partial charge in [-0.2, -0.15) is 0 Å². The molecule has 1 aliphatic carbocycles. The highest BCUT2D eigenvalue weighted by Gasteiger charge is 2.37. The third-order valence-corrected chi connectivity index (χ3v) is 3.70. The van der Waals surface area contributed by atoms with Crippen molar-refractivity contribution in [3.05, 3.63) is 35.9 Å². The fourth-order valence-corrected chi connectivity index (χ4v) is 2.59. The highest BCUT2D eigenvalue weighted by molar-refractivity contribution is 5.17. The van der Waals surface area contributed by atoms with Crippen molar-refractivity contribution >= 4 is 0 Å². The minimum absolute atomic E-state index is 0.441. The van der Waals surface area contributed by atoms with Gasteiger partial charge in [0.05, 0.1) is 6.61 Å². The maximum absolute atomic E-state index is 5.87. The Balaban J connectivity index is 1.87. The summed E-state index contributed by atoms with van der Waals surface area (Å²) in [4.78, 5) is 0. The first-order chi connectivity index (χ1) is 8.20. The molecule has 1 heteroatoms. The van der Waals surface area contributed by atoms with Gasteiger partial charge in [-0.05, 0) is 36.2 Å². The van der Waals surface area contributed by atoms with Gasteiger partial charge >= 0.3 is 0 Å². The lowest BCUT2D eigenvalue weighted by molar-refractivity contribution is -0.0148. The van der Waals surface area contributed by atoms with Gasteiger partial charge in [0.25, 0.3) is 0 Å². The second-order valence-corrected chi connectivity index (χ2v) is 5.92. The fourth-order valence-electron chi connectivity index (χ4n) is 2.59. The van der Waals surface area contributed by atoms with E-state index in [2.05, 4.69) is 44.2 Å². The maximum atomic E-state index is 5.87. The molecular formula is C16H24O. The lowest BCUT2D eigenvalue weighted by Crippen LogP contribution is -2.37. The first-order valence-electron chi connectivity index (χ1n) is 6.82. The van der Waals surface area contributed by atoms with Crippen LogP contribution in [0.4, 0.5) is 0 Å². The van der Waals surface area contributed by atoms with E-state index in [1.807, 2.05) is 0 Å². The van der Waals surface area contributed by atoms with E-state index in [1.54, 1.807) is 0 Å². The van der Waals surface area contributed by atoms with Crippen LogP contribution in [0.15, 0.2) is 30.3 Å². The first kappa shape index (κ1) is 12.6. The van der Waals surface area contributed by atoms with Crippen LogP contribution in [0.2, 0.25) is 0 Å². The van der Waals surface area contributed by atoms with E-state index < -0.39 is 0 Å². The van der Waals surface area contributed by atoms with Gasteiger partial charge in [0.1, 0.15) is 0 Å². The van der Waals surface area contributed by atoms with Crippen molar-refractivity contribution in [1.82, 2.24) is 0 Å². The Bertz CT molecular complexity index is 325. The number of hydrogen-bond donors (Lipinski definition) is 0. The summed E-state index contributed by atoms with van der Waals surface area (Å²) in [6.45, 7) is 6.27. The molecule has 1 saturated carbocycles. The Hall–Kier alpha value is -0.820. The Labute approximate surface area is 105 Å². The highest BCUT2D eigenvalue weighted by atomic mass is 16.5. The maximum Gasteiger partial charge on any atom is 0.0525 e. The second-order valence-electron chi connectivity index (χ2n) is 5.92. The SMILES string of the molecule is CC(C)COCC1(Cc2ccccc2)CCC1. The summed E-state index contributed by atoms with van der Waals surface area (Å²) in [5, 5.41) is 0. The summed E-state index contributed by atoms with van der Waals surface area (Å²) in [5.41, 5.74) is 1.90. The molecule has 0 N–H and O–H groups in total. The minimum Gasteiger partial charge on any atom is -0.381 e. The van der Waals surface area contributed by atoms with Gasteiger partial charge in [0.15, 0.2) is 0 Å². The predicted octanol–water partition coefficient (Wildman–Crippen LogP) is 4.07. The van der Waals surface area contributed by atoms with Crippen molar-refractivity contribution < 1.29 is 4.74 Å². The highest BCUT2D eigenvalue weighted by Crippen LogP contribution is 2.43. The monoisotopic (exact) mass is 232 g/mol. The normalized spacial score (nSPS) is 18.1. The molecule has 0 amide bonds. The van der Waals surface area contributed by atoms with Crippen LogP contribution in [0.25, 0.3) is 0 Å². The lowest BCUT2D eigenvalue weighted by atomic mass is 9.66. The van der Waals surface area contributed by atoms with Crippen molar-refractivity contribution in [2.24, 2.45) is 11.3 Å². The molecule has 17 heavy (non-hydrogen) atoms.